The van der Waals surface area contributed by atoms with E-state index in [0.29, 0.717) is 11.0 Å². The Bertz CT molecular complexity index is 541. The topological polar surface area (TPSA) is 47.0 Å². The Balaban J connectivity index is 2.32. The lowest BCUT2D eigenvalue weighted by Gasteiger charge is -2.10. The number of nitrogens with zero attached hydrogens (tertiary/aromatic N) is 2. The zero-order chi connectivity index (χ0) is 13.7. The first-order valence-corrected chi connectivity index (χ1v) is 8.13. The number of rotatable bonds is 5. The largest absolute Gasteiger partial charge is 0.438 e. The molecule has 0 spiro atoms. The van der Waals surface area contributed by atoms with E-state index in [0.717, 1.165) is 16.5 Å². The highest BCUT2D eigenvalue weighted by Gasteiger charge is 2.07. The van der Waals surface area contributed by atoms with Crippen LogP contribution in [0.25, 0.3) is 0 Å². The molecule has 1 aromatic carbocycles. The fourth-order valence-electron chi connectivity index (χ4n) is 1.49. The van der Waals surface area contributed by atoms with Crippen molar-refractivity contribution in [3.05, 3.63) is 30.3 Å². The van der Waals surface area contributed by atoms with E-state index in [1.54, 1.807) is 17.8 Å². The lowest BCUT2D eigenvalue weighted by Crippen LogP contribution is -1.98. The first-order chi connectivity index (χ1) is 9.26. The van der Waals surface area contributed by atoms with Crippen molar-refractivity contribution < 1.29 is 4.74 Å². The summed E-state index contributed by atoms with van der Waals surface area (Å²) in [6, 6.07) is 9.69. The Hall–Kier alpha value is -1.40. The van der Waals surface area contributed by atoms with Crippen LogP contribution in [0.1, 0.15) is 0 Å². The summed E-state index contributed by atoms with van der Waals surface area (Å²) in [5.74, 6) is 2.10. The molecular weight excluding hydrogens is 278 g/mol. The quantitative estimate of drug-likeness (QED) is 0.669. The maximum atomic E-state index is 5.86. The minimum atomic E-state index is 0.546. The molecule has 2 rings (SSSR count). The molecule has 6 heteroatoms. The van der Waals surface area contributed by atoms with Crippen molar-refractivity contribution in [2.24, 2.45) is 0 Å². The molecule has 0 aliphatic rings. The van der Waals surface area contributed by atoms with E-state index in [4.69, 9.17) is 4.74 Å². The molecule has 0 fully saturated rings. The van der Waals surface area contributed by atoms with Crippen molar-refractivity contribution in [3.63, 3.8) is 0 Å². The van der Waals surface area contributed by atoms with Gasteiger partial charge in [-0.15, -0.1) is 11.8 Å². The first-order valence-electron chi connectivity index (χ1n) is 5.68. The Kier molecular flexibility index (Phi) is 4.93. The zero-order valence-electron chi connectivity index (χ0n) is 11.0. The summed E-state index contributed by atoms with van der Waals surface area (Å²) in [7, 11) is 1.83. The van der Waals surface area contributed by atoms with Gasteiger partial charge >= 0.3 is 0 Å². The van der Waals surface area contributed by atoms with E-state index in [2.05, 4.69) is 15.3 Å². The van der Waals surface area contributed by atoms with Gasteiger partial charge in [0.25, 0.3) is 0 Å². The third-order valence-corrected chi connectivity index (χ3v) is 3.73. The molecule has 0 radical (unpaired) electrons. The molecule has 0 aliphatic heterocycles. The highest BCUT2D eigenvalue weighted by atomic mass is 32.2. The van der Waals surface area contributed by atoms with E-state index in [1.807, 2.05) is 43.8 Å². The number of nitrogens with one attached hydrogen (secondary N) is 1. The molecule has 4 nitrogen and oxygen atoms in total. The summed E-state index contributed by atoms with van der Waals surface area (Å²) >= 11 is 3.13. The predicted molar refractivity (Wildman–Crippen MR) is 81.7 cm³/mol. The van der Waals surface area contributed by atoms with E-state index < -0.39 is 0 Å². The van der Waals surface area contributed by atoms with Crippen LogP contribution in [0.3, 0.4) is 0 Å². The standard InChI is InChI=1S/C13H15N3OS2/c1-14-11-8-12(16-13(15-11)19-3)17-9-6-4-5-7-10(9)18-2/h4-8H,1-3H3,(H,14,15,16). The fraction of sp³-hybridized carbons (Fsp3) is 0.231. The minimum Gasteiger partial charge on any atom is -0.438 e. The van der Waals surface area contributed by atoms with Gasteiger partial charge in [0.05, 0.1) is 0 Å². The lowest BCUT2D eigenvalue weighted by molar-refractivity contribution is 0.446. The summed E-state index contributed by atoms with van der Waals surface area (Å²) in [5, 5.41) is 3.69. The molecule has 0 saturated heterocycles. The van der Waals surface area contributed by atoms with Crippen LogP contribution < -0.4 is 10.1 Å². The van der Waals surface area contributed by atoms with Crippen molar-refractivity contribution in [2.45, 2.75) is 10.1 Å². The van der Waals surface area contributed by atoms with Gasteiger partial charge in [0, 0.05) is 18.0 Å². The summed E-state index contributed by atoms with van der Waals surface area (Å²) in [5.41, 5.74) is 0. The average Bonchev–Trinajstić information content (AvgIpc) is 2.47. The van der Waals surface area contributed by atoms with Gasteiger partial charge in [-0.2, -0.15) is 4.98 Å². The Morgan fingerprint density at radius 1 is 1.11 bits per heavy atom. The monoisotopic (exact) mass is 293 g/mol. The number of para-hydroxylation sites is 1. The van der Waals surface area contributed by atoms with Crippen LogP contribution in [0.2, 0.25) is 0 Å². The van der Waals surface area contributed by atoms with Gasteiger partial charge in [-0.1, -0.05) is 23.9 Å². The van der Waals surface area contributed by atoms with Crippen molar-refractivity contribution in [1.29, 1.82) is 0 Å². The highest BCUT2D eigenvalue weighted by molar-refractivity contribution is 7.98. The van der Waals surface area contributed by atoms with Crippen molar-refractivity contribution >= 4 is 29.3 Å². The Morgan fingerprint density at radius 3 is 2.58 bits per heavy atom. The Labute approximate surface area is 121 Å². The summed E-state index contributed by atoms with van der Waals surface area (Å²) in [6.45, 7) is 0. The van der Waals surface area contributed by atoms with Gasteiger partial charge in [0.15, 0.2) is 5.16 Å². The zero-order valence-corrected chi connectivity index (χ0v) is 12.6. The molecular formula is C13H15N3OS2. The van der Waals surface area contributed by atoms with Crippen LogP contribution >= 0.6 is 23.5 Å². The van der Waals surface area contributed by atoms with Gasteiger partial charge in [-0.05, 0) is 24.6 Å². The number of aromatic nitrogens is 2. The van der Waals surface area contributed by atoms with Crippen LogP contribution in [0.15, 0.2) is 40.4 Å². The van der Waals surface area contributed by atoms with Gasteiger partial charge in [-0.25, -0.2) is 4.98 Å². The number of ether oxygens (including phenoxy) is 1. The van der Waals surface area contributed by atoms with E-state index >= 15 is 0 Å². The molecule has 0 aliphatic carbocycles. The molecule has 0 bridgehead atoms. The number of hydrogen-bond donors (Lipinski definition) is 1. The van der Waals surface area contributed by atoms with Crippen molar-refractivity contribution in [1.82, 2.24) is 9.97 Å². The smallest absolute Gasteiger partial charge is 0.225 e. The first kappa shape index (κ1) is 14.0. The second kappa shape index (κ2) is 6.68. The molecule has 1 N–H and O–H groups in total. The molecule has 0 amide bonds. The average molecular weight is 293 g/mol. The SMILES string of the molecule is CNc1cc(Oc2ccccc2SC)nc(SC)n1. The minimum absolute atomic E-state index is 0.546. The number of thioether (sulfide) groups is 2. The second-order valence-corrected chi connectivity index (χ2v) is 5.20. The van der Waals surface area contributed by atoms with Gasteiger partial charge in [0.1, 0.15) is 11.6 Å². The predicted octanol–water partition coefficient (Wildman–Crippen LogP) is 3.75. The number of anilines is 1. The fourth-order valence-corrected chi connectivity index (χ4v) is 2.39. The number of benzene rings is 1. The second-order valence-electron chi connectivity index (χ2n) is 3.58. The maximum absolute atomic E-state index is 5.86. The highest BCUT2D eigenvalue weighted by Crippen LogP contribution is 2.31. The van der Waals surface area contributed by atoms with E-state index in [1.165, 1.54) is 11.8 Å². The summed E-state index contributed by atoms with van der Waals surface area (Å²) in [4.78, 5) is 9.74. The molecule has 2 aromatic rings. The van der Waals surface area contributed by atoms with E-state index in [9.17, 15) is 0 Å². The van der Waals surface area contributed by atoms with Gasteiger partial charge < -0.3 is 10.1 Å². The number of hydrogen-bond acceptors (Lipinski definition) is 6. The van der Waals surface area contributed by atoms with Crippen LogP contribution in [0.5, 0.6) is 11.6 Å². The van der Waals surface area contributed by atoms with Crippen LogP contribution in [0, 0.1) is 0 Å². The normalized spacial score (nSPS) is 10.3. The molecule has 100 valence electrons. The van der Waals surface area contributed by atoms with Crippen molar-refractivity contribution in [2.75, 3.05) is 24.9 Å². The maximum Gasteiger partial charge on any atom is 0.225 e. The molecule has 1 heterocycles. The molecule has 0 saturated carbocycles. The van der Waals surface area contributed by atoms with E-state index in [-0.39, 0.29) is 0 Å². The molecule has 1 aromatic heterocycles. The van der Waals surface area contributed by atoms with Gasteiger partial charge in [-0.3, -0.25) is 0 Å². The third kappa shape index (κ3) is 3.54. The summed E-state index contributed by atoms with van der Waals surface area (Å²) in [6.07, 6.45) is 3.96. The molecule has 19 heavy (non-hydrogen) atoms. The third-order valence-electron chi connectivity index (χ3n) is 2.40. The van der Waals surface area contributed by atoms with Gasteiger partial charge in [0.2, 0.25) is 5.88 Å². The molecule has 0 unspecified atom stereocenters. The van der Waals surface area contributed by atoms with Crippen LogP contribution in [0.4, 0.5) is 5.82 Å². The summed E-state index contributed by atoms with van der Waals surface area (Å²) < 4.78 is 5.86. The van der Waals surface area contributed by atoms with Crippen LogP contribution in [-0.4, -0.2) is 29.5 Å². The molecule has 0 atom stereocenters. The Morgan fingerprint density at radius 2 is 1.89 bits per heavy atom. The lowest BCUT2D eigenvalue weighted by atomic mass is 10.3. The van der Waals surface area contributed by atoms with Crippen molar-refractivity contribution in [3.8, 4) is 11.6 Å². The van der Waals surface area contributed by atoms with Crippen LogP contribution in [-0.2, 0) is 0 Å².